The van der Waals surface area contributed by atoms with Gasteiger partial charge in [0, 0.05) is 42.2 Å². The average molecular weight is 1300 g/mol. The van der Waals surface area contributed by atoms with Crippen LogP contribution in [0.15, 0.2) is 97.1 Å². The first-order valence-electron chi connectivity index (χ1n) is 26.9. The second-order valence-corrected chi connectivity index (χ2v) is 22.7. The van der Waals surface area contributed by atoms with Crippen LogP contribution in [0.2, 0.25) is 10.0 Å². The molecule has 6 aromatic rings. The number of aromatic nitrogens is 2. The fraction of sp³-hybridized carbons (Fsp3) is 0.403. The molecule has 0 radical (unpaired) electrons. The molecule has 0 aliphatic rings. The highest BCUT2D eigenvalue weighted by atomic mass is 35.5. The third-order valence-corrected chi connectivity index (χ3v) is 14.4. The second kappa shape index (κ2) is 31.5. The molecule has 482 valence electrons. The predicted molar refractivity (Wildman–Crippen MR) is 326 cm³/mol. The van der Waals surface area contributed by atoms with E-state index < -0.39 is 70.0 Å². The van der Waals surface area contributed by atoms with Gasteiger partial charge in [-0.05, 0) is 177 Å². The number of carboxylic acid groups (broad SMARTS) is 1. The lowest BCUT2D eigenvalue weighted by Gasteiger charge is -2.38. The van der Waals surface area contributed by atoms with Gasteiger partial charge in [-0.25, -0.2) is 28.3 Å². The highest BCUT2D eigenvalue weighted by Gasteiger charge is 2.56. The summed E-state index contributed by atoms with van der Waals surface area (Å²) in [4.78, 5) is 46.3. The standard InChI is InChI=1S/C29H34ClFN2O5.C23H28ClF4N3O3.C10H12O5.ClH/c1-28(2,32-4)20-16-23(18-6-8-22(31)21(30)14-18)33-27(17-20)29(3,36)11-10-24(35)19-7-9-25(38-13-12-34)26(15-19)37-5;1-20(2,3)34-19(32)31(6)21(4,5)14-10-17(13-7-8-16(25)15(24)9-13)30-18(11-14)22(33,12-29)23(26,27)28;1-14-9-6-7(10(12)13)2-3-8(9)15-5-4-11;/h6-9,14-17,32,34,36H,10-13H2,1-5H3;7-11,33H,12,29H2,1-6H3;2-3,6,11H,4-5H2,1H3,(H,12,13);1H. The number of ether oxygens (including phenoxy) is 5. The fourth-order valence-corrected chi connectivity index (χ4v) is 8.31. The second-order valence-electron chi connectivity index (χ2n) is 21.9. The molecule has 26 heteroatoms. The van der Waals surface area contributed by atoms with Gasteiger partial charge in [-0.15, -0.1) is 12.4 Å². The Morgan fingerprint density at radius 3 is 1.53 bits per heavy atom. The van der Waals surface area contributed by atoms with Crippen LogP contribution in [0.1, 0.15) is 111 Å². The van der Waals surface area contributed by atoms with Crippen molar-refractivity contribution < 1.29 is 85.6 Å². The number of halogens is 8. The number of carboxylic acids is 1. The lowest BCUT2D eigenvalue weighted by Crippen LogP contribution is -2.49. The van der Waals surface area contributed by atoms with E-state index in [4.69, 9.17) is 67.9 Å². The summed E-state index contributed by atoms with van der Waals surface area (Å²) in [5, 5.41) is 51.2. The molecule has 4 aromatic carbocycles. The molecule has 88 heavy (non-hydrogen) atoms. The van der Waals surface area contributed by atoms with E-state index in [0.29, 0.717) is 45.5 Å². The zero-order valence-corrected chi connectivity index (χ0v) is 53.0. The number of amides is 1. The van der Waals surface area contributed by atoms with Gasteiger partial charge in [-0.2, -0.15) is 13.2 Å². The van der Waals surface area contributed by atoms with E-state index in [9.17, 15) is 46.5 Å². The highest BCUT2D eigenvalue weighted by Crippen LogP contribution is 2.42. The van der Waals surface area contributed by atoms with Gasteiger partial charge in [0.1, 0.15) is 36.1 Å². The first-order chi connectivity index (χ1) is 40.4. The molecule has 1 amide bonds. The third-order valence-electron chi connectivity index (χ3n) is 13.8. The number of ketones is 1. The summed E-state index contributed by atoms with van der Waals surface area (Å²) >= 11 is 11.9. The molecule has 0 bridgehead atoms. The largest absolute Gasteiger partial charge is 0.493 e. The Kier molecular flexibility index (Phi) is 27.0. The van der Waals surface area contributed by atoms with Crippen molar-refractivity contribution >= 4 is 53.5 Å². The average Bonchev–Trinajstić information content (AvgIpc) is 0.796. The van der Waals surface area contributed by atoms with E-state index in [0.717, 1.165) is 17.7 Å². The normalized spacial score (nSPS) is 13.0. The molecule has 2 unspecified atom stereocenters. The van der Waals surface area contributed by atoms with Gasteiger partial charge >= 0.3 is 18.2 Å². The smallest absolute Gasteiger partial charge is 0.424 e. The van der Waals surface area contributed by atoms with Crippen LogP contribution >= 0.6 is 35.6 Å². The summed E-state index contributed by atoms with van der Waals surface area (Å²) in [5.41, 5.74) is 0.419. The number of carbonyl (C=O) groups excluding carboxylic acids is 2. The molecule has 2 heterocycles. The number of aromatic carboxylic acids is 1. The Bertz CT molecular complexity index is 3370. The molecule has 0 fully saturated rings. The number of methoxy groups -OCH3 is 2. The van der Waals surface area contributed by atoms with E-state index in [1.165, 1.54) is 74.7 Å². The molecule has 0 saturated heterocycles. The van der Waals surface area contributed by atoms with Crippen LogP contribution < -0.4 is 30.0 Å². The van der Waals surface area contributed by atoms with Crippen molar-refractivity contribution in [1.82, 2.24) is 20.2 Å². The number of nitrogens with one attached hydrogen (secondary N) is 1. The third kappa shape index (κ3) is 19.5. The molecule has 2 aromatic heterocycles. The Labute approximate surface area is 524 Å². The number of benzene rings is 4. The molecule has 18 nitrogen and oxygen atoms in total. The lowest BCUT2D eigenvalue weighted by atomic mass is 9.87. The number of carbonyl (C=O) groups is 3. The minimum atomic E-state index is -5.15. The number of hydrogen-bond donors (Lipinski definition) is 7. The highest BCUT2D eigenvalue weighted by molar-refractivity contribution is 6.31. The van der Waals surface area contributed by atoms with E-state index in [-0.39, 0.29) is 89.9 Å². The van der Waals surface area contributed by atoms with Crippen molar-refractivity contribution in [1.29, 1.82) is 0 Å². The molecular weight excluding hydrogens is 1220 g/mol. The summed E-state index contributed by atoms with van der Waals surface area (Å²) in [5.74, 6) is -0.913. The topological polar surface area (TPSA) is 266 Å². The van der Waals surface area contributed by atoms with Crippen molar-refractivity contribution in [3.8, 4) is 45.5 Å². The number of rotatable bonds is 22. The van der Waals surface area contributed by atoms with Crippen molar-refractivity contribution in [2.75, 3.05) is 61.3 Å². The first-order valence-corrected chi connectivity index (χ1v) is 27.6. The number of alkyl halides is 3. The minimum absolute atomic E-state index is 0. The maximum Gasteiger partial charge on any atom is 0.424 e. The van der Waals surface area contributed by atoms with Gasteiger partial charge < -0.3 is 65.2 Å². The number of Topliss-reactive ketones (excluding diaryl/α,β-unsaturated/α-hetero) is 1. The SMILES string of the molecule is CN(C(=O)OC(C)(C)C)C(C)(C)c1cc(-c2ccc(F)c(Cl)c2)nc(C(O)(CN)C(F)(F)F)c1.CNC(C)(C)c1cc(-c2ccc(F)c(Cl)c2)nc(C(C)(O)CCC(=O)c2ccc(OCCO)c(OC)c2)c1.COc1cc(C(=O)O)ccc1OCCO.Cl. The van der Waals surface area contributed by atoms with Crippen LogP contribution in [0.4, 0.5) is 26.7 Å². The Hall–Kier alpha value is -6.93. The van der Waals surface area contributed by atoms with E-state index in [2.05, 4.69) is 15.3 Å². The van der Waals surface area contributed by atoms with Crippen molar-refractivity contribution in [3.63, 3.8) is 0 Å². The van der Waals surface area contributed by atoms with Gasteiger partial charge in [0.2, 0.25) is 5.60 Å². The molecule has 6 rings (SSSR count). The fourth-order valence-electron chi connectivity index (χ4n) is 7.95. The maximum absolute atomic E-state index is 13.8. The van der Waals surface area contributed by atoms with E-state index >= 15 is 0 Å². The summed E-state index contributed by atoms with van der Waals surface area (Å²) in [6.45, 7) is 12.6. The lowest BCUT2D eigenvalue weighted by molar-refractivity contribution is -0.263. The minimum Gasteiger partial charge on any atom is -0.493 e. The quantitative estimate of drug-likeness (QED) is 0.0246. The maximum atomic E-state index is 13.8. The van der Waals surface area contributed by atoms with Crippen LogP contribution in [-0.2, 0) is 27.0 Å². The van der Waals surface area contributed by atoms with Gasteiger partial charge in [-0.3, -0.25) is 4.79 Å². The van der Waals surface area contributed by atoms with Crippen molar-refractivity contribution in [2.45, 2.75) is 102 Å². The first kappa shape index (κ1) is 75.3. The van der Waals surface area contributed by atoms with E-state index in [1.54, 1.807) is 65.8 Å². The van der Waals surface area contributed by atoms with Gasteiger partial charge in [0.15, 0.2) is 28.8 Å². The van der Waals surface area contributed by atoms with Crippen LogP contribution in [0, 0.1) is 11.6 Å². The molecule has 0 aliphatic carbocycles. The van der Waals surface area contributed by atoms with E-state index in [1.807, 2.05) is 33.0 Å². The van der Waals surface area contributed by atoms with Crippen molar-refractivity contribution in [2.24, 2.45) is 5.73 Å². The zero-order valence-electron chi connectivity index (χ0n) is 50.7. The van der Waals surface area contributed by atoms with Crippen molar-refractivity contribution in [3.05, 3.63) is 152 Å². The summed E-state index contributed by atoms with van der Waals surface area (Å²) in [7, 11) is 6.16. The van der Waals surface area contributed by atoms with Crippen LogP contribution in [0.25, 0.3) is 22.5 Å². The van der Waals surface area contributed by atoms with Crippen LogP contribution in [-0.4, -0.2) is 131 Å². The summed E-state index contributed by atoms with van der Waals surface area (Å²) < 4.78 is 95.2. The predicted octanol–water partition coefficient (Wildman–Crippen LogP) is 11.8. The Balaban J connectivity index is 0.000000372. The molecule has 2 atom stereocenters. The number of nitrogens with two attached hydrogens (primary N) is 1. The monoisotopic (exact) mass is 1300 g/mol. The van der Waals surface area contributed by atoms with Gasteiger partial charge in [0.05, 0.1) is 71.4 Å². The number of aliphatic hydroxyl groups excluding tert-OH is 2. The molecule has 8 N–H and O–H groups in total. The van der Waals surface area contributed by atoms with Crippen LogP contribution in [0.5, 0.6) is 23.0 Å². The number of nitrogens with zero attached hydrogens (tertiary/aromatic N) is 3. The zero-order chi connectivity index (χ0) is 65.6. The summed E-state index contributed by atoms with van der Waals surface area (Å²) in [6.07, 6.45) is -5.71. The number of aliphatic hydroxyl groups is 4. The van der Waals surface area contributed by atoms with Crippen LogP contribution in [0.3, 0.4) is 0 Å². The van der Waals surface area contributed by atoms with Gasteiger partial charge in [-0.1, -0.05) is 23.2 Å². The van der Waals surface area contributed by atoms with Gasteiger partial charge in [0.25, 0.3) is 0 Å². The Morgan fingerprint density at radius 2 is 1.11 bits per heavy atom. The number of hydrogen-bond acceptors (Lipinski definition) is 16. The molecule has 0 aliphatic heterocycles. The Morgan fingerprint density at radius 1 is 0.659 bits per heavy atom. The number of pyridine rings is 2. The summed E-state index contributed by atoms with van der Waals surface area (Å²) in [6, 6.07) is 23.1. The molecule has 0 saturated carbocycles. The molecule has 0 spiro atoms. The molecular formula is C62H75Cl3F5N5O13.